The van der Waals surface area contributed by atoms with Gasteiger partial charge in [-0.25, -0.2) is 4.98 Å². The highest BCUT2D eigenvalue weighted by Crippen LogP contribution is 2.12. The highest BCUT2D eigenvalue weighted by atomic mass is 16.1. The first-order chi connectivity index (χ1) is 11.7. The lowest BCUT2D eigenvalue weighted by molar-refractivity contribution is 0.0950. The van der Waals surface area contributed by atoms with Crippen molar-refractivity contribution in [1.29, 1.82) is 0 Å². The standard InChI is InChI=1S/C15H16BN7O/c16-11-9-21-23-13(20-8-10-2-1-4-18-7-10)6-12(22-14(11)23)15(24)19-5-3-17/h1-2,4,6-7,9,20H,3,5,8,17H2,(H,19,24). The first-order valence-electron chi connectivity index (χ1n) is 7.44. The Morgan fingerprint density at radius 2 is 2.25 bits per heavy atom. The first kappa shape index (κ1) is 15.9. The Kier molecular flexibility index (Phi) is 4.71. The molecule has 0 atom stereocenters. The van der Waals surface area contributed by atoms with Gasteiger partial charge in [-0.05, 0) is 17.1 Å². The van der Waals surface area contributed by atoms with Crippen molar-refractivity contribution in [2.24, 2.45) is 5.73 Å². The van der Waals surface area contributed by atoms with Crippen LogP contribution in [0.25, 0.3) is 5.65 Å². The van der Waals surface area contributed by atoms with Crippen LogP contribution < -0.4 is 21.8 Å². The molecule has 24 heavy (non-hydrogen) atoms. The van der Waals surface area contributed by atoms with Crippen LogP contribution in [-0.4, -0.2) is 46.4 Å². The minimum atomic E-state index is -0.312. The van der Waals surface area contributed by atoms with Crippen LogP contribution in [0.4, 0.5) is 5.82 Å². The number of rotatable bonds is 6. The molecule has 1 amide bonds. The number of aromatic nitrogens is 4. The zero-order chi connectivity index (χ0) is 16.9. The Hall–Kier alpha value is -2.94. The van der Waals surface area contributed by atoms with Crippen molar-refractivity contribution in [3.05, 3.63) is 48.0 Å². The van der Waals surface area contributed by atoms with Gasteiger partial charge in [0.1, 0.15) is 19.4 Å². The molecule has 9 heteroatoms. The quantitative estimate of drug-likeness (QED) is 0.514. The number of carbonyl (C=O) groups is 1. The summed E-state index contributed by atoms with van der Waals surface area (Å²) in [6.45, 7) is 1.25. The summed E-state index contributed by atoms with van der Waals surface area (Å²) in [5.41, 5.74) is 7.47. The zero-order valence-corrected chi connectivity index (χ0v) is 12.9. The van der Waals surface area contributed by atoms with E-state index in [0.717, 1.165) is 5.56 Å². The van der Waals surface area contributed by atoms with Gasteiger partial charge in [0.25, 0.3) is 5.91 Å². The SMILES string of the molecule is [B]c1cnn2c(NCc3cccnc3)cc(C(=O)NCCN)nc12. The number of amides is 1. The van der Waals surface area contributed by atoms with E-state index in [1.165, 1.54) is 6.20 Å². The second-order valence-corrected chi connectivity index (χ2v) is 5.12. The molecular weight excluding hydrogens is 305 g/mol. The molecular formula is C15H16BN7O. The number of hydrogen-bond donors (Lipinski definition) is 3. The minimum Gasteiger partial charge on any atom is -0.366 e. The molecule has 4 N–H and O–H groups in total. The van der Waals surface area contributed by atoms with Crippen LogP contribution >= 0.6 is 0 Å². The van der Waals surface area contributed by atoms with E-state index in [1.807, 2.05) is 12.1 Å². The number of nitrogens with two attached hydrogens (primary N) is 1. The van der Waals surface area contributed by atoms with Crippen molar-refractivity contribution in [2.75, 3.05) is 18.4 Å². The van der Waals surface area contributed by atoms with E-state index in [-0.39, 0.29) is 11.6 Å². The average molecular weight is 321 g/mol. The van der Waals surface area contributed by atoms with Gasteiger partial charge < -0.3 is 16.4 Å². The molecule has 120 valence electrons. The molecule has 3 heterocycles. The minimum absolute atomic E-state index is 0.247. The van der Waals surface area contributed by atoms with Crippen LogP contribution in [0.5, 0.6) is 0 Å². The maximum absolute atomic E-state index is 12.2. The fourth-order valence-electron chi connectivity index (χ4n) is 2.19. The third-order valence-electron chi connectivity index (χ3n) is 3.36. The third-order valence-corrected chi connectivity index (χ3v) is 3.36. The summed E-state index contributed by atoms with van der Waals surface area (Å²) in [6, 6.07) is 5.43. The topological polar surface area (TPSA) is 110 Å². The molecule has 0 saturated heterocycles. The lowest BCUT2D eigenvalue weighted by Gasteiger charge is -2.11. The second kappa shape index (κ2) is 7.09. The summed E-state index contributed by atoms with van der Waals surface area (Å²) in [4.78, 5) is 20.5. The van der Waals surface area contributed by atoms with Crippen molar-refractivity contribution in [1.82, 2.24) is 24.9 Å². The van der Waals surface area contributed by atoms with Gasteiger partial charge in [0.2, 0.25) is 0 Å². The summed E-state index contributed by atoms with van der Waals surface area (Å²) >= 11 is 0. The van der Waals surface area contributed by atoms with E-state index < -0.39 is 0 Å². The molecule has 3 rings (SSSR count). The van der Waals surface area contributed by atoms with Gasteiger partial charge in [-0.3, -0.25) is 9.78 Å². The van der Waals surface area contributed by atoms with Gasteiger partial charge in [0.05, 0.1) is 0 Å². The average Bonchev–Trinajstić information content (AvgIpc) is 2.99. The van der Waals surface area contributed by atoms with Crippen molar-refractivity contribution in [2.45, 2.75) is 6.54 Å². The normalized spacial score (nSPS) is 10.7. The number of carbonyl (C=O) groups excluding carboxylic acids is 1. The van der Waals surface area contributed by atoms with Crippen LogP contribution in [0.2, 0.25) is 0 Å². The highest BCUT2D eigenvalue weighted by Gasteiger charge is 2.13. The van der Waals surface area contributed by atoms with Gasteiger partial charge in [-0.15, -0.1) is 0 Å². The molecule has 0 spiro atoms. The number of pyridine rings is 1. The zero-order valence-electron chi connectivity index (χ0n) is 12.9. The van der Waals surface area contributed by atoms with Crippen molar-refractivity contribution in [3.63, 3.8) is 0 Å². The Balaban J connectivity index is 1.91. The van der Waals surface area contributed by atoms with Gasteiger partial charge in [0, 0.05) is 44.3 Å². The Bertz CT molecular complexity index is 850. The van der Waals surface area contributed by atoms with Gasteiger partial charge in [0.15, 0.2) is 5.65 Å². The third kappa shape index (κ3) is 3.35. The van der Waals surface area contributed by atoms with E-state index in [1.54, 1.807) is 23.0 Å². The van der Waals surface area contributed by atoms with E-state index in [0.29, 0.717) is 36.6 Å². The van der Waals surface area contributed by atoms with E-state index in [2.05, 4.69) is 25.7 Å². The molecule has 0 aliphatic heterocycles. The lowest BCUT2D eigenvalue weighted by atomic mass is 10.0. The Morgan fingerprint density at radius 3 is 3.00 bits per heavy atom. The number of nitrogens with one attached hydrogen (secondary N) is 2. The lowest BCUT2D eigenvalue weighted by Crippen LogP contribution is -2.30. The molecule has 8 nitrogen and oxygen atoms in total. The highest BCUT2D eigenvalue weighted by molar-refractivity contribution is 6.36. The maximum atomic E-state index is 12.2. The molecule has 3 aromatic heterocycles. The molecule has 0 aromatic carbocycles. The summed E-state index contributed by atoms with van der Waals surface area (Å²) in [5, 5.41) is 10.1. The summed E-state index contributed by atoms with van der Waals surface area (Å²) in [7, 11) is 5.89. The first-order valence-corrected chi connectivity index (χ1v) is 7.44. The molecule has 0 aliphatic rings. The molecule has 2 radical (unpaired) electrons. The van der Waals surface area contributed by atoms with E-state index >= 15 is 0 Å². The number of anilines is 1. The molecule has 3 aromatic rings. The van der Waals surface area contributed by atoms with Crippen LogP contribution in [-0.2, 0) is 6.54 Å². The molecule has 0 bridgehead atoms. The van der Waals surface area contributed by atoms with Crippen molar-refractivity contribution >= 4 is 30.7 Å². The summed E-state index contributed by atoms with van der Waals surface area (Å²) in [6.07, 6.45) is 4.97. The Morgan fingerprint density at radius 1 is 1.38 bits per heavy atom. The largest absolute Gasteiger partial charge is 0.366 e. The molecule has 0 saturated carbocycles. The maximum Gasteiger partial charge on any atom is 0.270 e. The number of nitrogens with zero attached hydrogens (tertiary/aromatic N) is 4. The summed E-state index contributed by atoms with van der Waals surface area (Å²) in [5.74, 6) is 0.298. The van der Waals surface area contributed by atoms with E-state index in [9.17, 15) is 4.79 Å². The van der Waals surface area contributed by atoms with Gasteiger partial charge in [-0.2, -0.15) is 9.61 Å². The van der Waals surface area contributed by atoms with Crippen LogP contribution in [0.3, 0.4) is 0 Å². The number of fused-ring (bicyclic) bond motifs is 1. The predicted octanol–water partition coefficient (Wildman–Crippen LogP) is -0.781. The smallest absolute Gasteiger partial charge is 0.270 e. The Labute approximate surface area is 139 Å². The fourth-order valence-corrected chi connectivity index (χ4v) is 2.19. The number of hydrogen-bond acceptors (Lipinski definition) is 6. The monoisotopic (exact) mass is 321 g/mol. The second-order valence-electron chi connectivity index (χ2n) is 5.12. The fraction of sp³-hybridized carbons (Fsp3) is 0.200. The molecule has 0 fully saturated rings. The summed E-state index contributed by atoms with van der Waals surface area (Å²) < 4.78 is 1.56. The van der Waals surface area contributed by atoms with E-state index in [4.69, 9.17) is 13.6 Å². The molecule has 0 aliphatic carbocycles. The van der Waals surface area contributed by atoms with Crippen molar-refractivity contribution in [3.8, 4) is 0 Å². The van der Waals surface area contributed by atoms with Crippen LogP contribution in [0.15, 0.2) is 36.8 Å². The van der Waals surface area contributed by atoms with Gasteiger partial charge >= 0.3 is 0 Å². The predicted molar refractivity (Wildman–Crippen MR) is 91.3 cm³/mol. The van der Waals surface area contributed by atoms with Crippen LogP contribution in [0, 0.1) is 0 Å². The van der Waals surface area contributed by atoms with Crippen LogP contribution in [0.1, 0.15) is 16.1 Å². The molecule has 0 unspecified atom stereocenters. The van der Waals surface area contributed by atoms with Gasteiger partial charge in [-0.1, -0.05) is 6.07 Å². The van der Waals surface area contributed by atoms with Crippen molar-refractivity contribution < 1.29 is 4.79 Å².